The lowest BCUT2D eigenvalue weighted by Gasteiger charge is -2.08. The third-order valence-electron chi connectivity index (χ3n) is 2.93. The molecule has 0 aliphatic heterocycles. The first-order chi connectivity index (χ1) is 10.7. The van der Waals surface area contributed by atoms with E-state index in [1.54, 1.807) is 18.2 Å². The molecule has 0 heterocycles. The number of rotatable bonds is 6. The van der Waals surface area contributed by atoms with Gasteiger partial charge >= 0.3 is 0 Å². The summed E-state index contributed by atoms with van der Waals surface area (Å²) < 4.78 is 5.36. The van der Waals surface area contributed by atoms with Crippen LogP contribution >= 0.6 is 0 Å². The summed E-state index contributed by atoms with van der Waals surface area (Å²) in [5.74, 6) is 4.84. The van der Waals surface area contributed by atoms with Crippen LogP contribution in [-0.4, -0.2) is 18.4 Å². The van der Waals surface area contributed by atoms with E-state index in [-0.39, 0.29) is 12.5 Å². The van der Waals surface area contributed by atoms with Crippen LogP contribution in [0.25, 0.3) is 0 Å². The highest BCUT2D eigenvalue weighted by atomic mass is 16.5. The van der Waals surface area contributed by atoms with E-state index < -0.39 is 5.91 Å². The van der Waals surface area contributed by atoms with E-state index in [1.807, 2.05) is 35.8 Å². The monoisotopic (exact) mass is 299 g/mol. The summed E-state index contributed by atoms with van der Waals surface area (Å²) in [6.07, 6.45) is 0. The number of hydrogen-bond acceptors (Lipinski definition) is 4. The molecule has 0 aromatic heterocycles. The summed E-state index contributed by atoms with van der Waals surface area (Å²) in [5, 5.41) is 2.75. The minimum absolute atomic E-state index is 0.124. The number of nitrogen functional groups attached to an aromatic ring is 1. The molecule has 0 saturated heterocycles. The molecule has 6 nitrogen and oxygen atoms in total. The van der Waals surface area contributed by atoms with Gasteiger partial charge in [-0.25, -0.2) is 5.84 Å². The van der Waals surface area contributed by atoms with Crippen molar-refractivity contribution in [2.75, 3.05) is 6.61 Å². The molecule has 0 unspecified atom stereocenters. The third kappa shape index (κ3) is 4.60. The van der Waals surface area contributed by atoms with Crippen LogP contribution in [0.2, 0.25) is 0 Å². The molecule has 0 aliphatic rings. The van der Waals surface area contributed by atoms with Crippen LogP contribution in [-0.2, 0) is 11.3 Å². The van der Waals surface area contributed by atoms with Crippen molar-refractivity contribution in [3.05, 3.63) is 65.7 Å². The standard InChI is InChI=1S/C16H17N3O3/c17-19-16(21)13-7-4-8-14(9-13)22-11-15(20)18-10-12-5-2-1-3-6-12/h1-9H,10-11,17H2,(H,18,20)(H,19,21). The second-order valence-electron chi connectivity index (χ2n) is 4.55. The fourth-order valence-corrected chi connectivity index (χ4v) is 1.81. The van der Waals surface area contributed by atoms with E-state index in [0.717, 1.165) is 5.56 Å². The van der Waals surface area contributed by atoms with Gasteiger partial charge in [-0.1, -0.05) is 36.4 Å². The molecule has 0 atom stereocenters. The van der Waals surface area contributed by atoms with E-state index in [0.29, 0.717) is 17.9 Å². The Morgan fingerprint density at radius 1 is 1.05 bits per heavy atom. The number of benzene rings is 2. The highest BCUT2D eigenvalue weighted by Gasteiger charge is 2.06. The molecule has 2 aromatic rings. The van der Waals surface area contributed by atoms with Gasteiger partial charge in [0.05, 0.1) is 0 Å². The topological polar surface area (TPSA) is 93.4 Å². The van der Waals surface area contributed by atoms with Crippen molar-refractivity contribution in [3.63, 3.8) is 0 Å². The van der Waals surface area contributed by atoms with Crippen LogP contribution in [0.4, 0.5) is 0 Å². The number of carbonyl (C=O) groups excluding carboxylic acids is 2. The number of hydrazine groups is 1. The Morgan fingerprint density at radius 3 is 2.55 bits per heavy atom. The van der Waals surface area contributed by atoms with Gasteiger partial charge in [-0.15, -0.1) is 0 Å². The van der Waals surface area contributed by atoms with Gasteiger partial charge in [0, 0.05) is 12.1 Å². The summed E-state index contributed by atoms with van der Waals surface area (Å²) in [4.78, 5) is 23.1. The maximum Gasteiger partial charge on any atom is 0.265 e. The third-order valence-corrected chi connectivity index (χ3v) is 2.93. The quantitative estimate of drug-likeness (QED) is 0.421. The lowest BCUT2D eigenvalue weighted by atomic mass is 10.2. The van der Waals surface area contributed by atoms with Crippen LogP contribution in [0, 0.1) is 0 Å². The molecule has 114 valence electrons. The number of nitrogens with one attached hydrogen (secondary N) is 2. The molecular weight excluding hydrogens is 282 g/mol. The first kappa shape index (κ1) is 15.5. The number of hydrogen-bond donors (Lipinski definition) is 3. The highest BCUT2D eigenvalue weighted by Crippen LogP contribution is 2.13. The van der Waals surface area contributed by atoms with Crippen molar-refractivity contribution in [3.8, 4) is 5.75 Å². The van der Waals surface area contributed by atoms with Gasteiger partial charge in [0.25, 0.3) is 11.8 Å². The lowest BCUT2D eigenvalue weighted by molar-refractivity contribution is -0.123. The van der Waals surface area contributed by atoms with Crippen LogP contribution < -0.4 is 21.3 Å². The summed E-state index contributed by atoms with van der Waals surface area (Å²) in [5.41, 5.74) is 3.42. The minimum Gasteiger partial charge on any atom is -0.484 e. The highest BCUT2D eigenvalue weighted by molar-refractivity contribution is 5.94. The molecule has 2 aromatic carbocycles. The Kier molecular flexibility index (Phi) is 5.50. The molecule has 0 spiro atoms. The van der Waals surface area contributed by atoms with Crippen LogP contribution in [0.5, 0.6) is 5.75 Å². The maximum absolute atomic E-state index is 11.7. The fraction of sp³-hybridized carbons (Fsp3) is 0.125. The van der Waals surface area contributed by atoms with E-state index in [4.69, 9.17) is 10.6 Å². The van der Waals surface area contributed by atoms with E-state index in [1.165, 1.54) is 6.07 Å². The second kappa shape index (κ2) is 7.80. The largest absolute Gasteiger partial charge is 0.484 e. The van der Waals surface area contributed by atoms with Crippen molar-refractivity contribution in [2.45, 2.75) is 6.54 Å². The Labute approximate surface area is 128 Å². The zero-order valence-corrected chi connectivity index (χ0v) is 11.9. The zero-order valence-electron chi connectivity index (χ0n) is 11.9. The van der Waals surface area contributed by atoms with Crippen molar-refractivity contribution in [2.24, 2.45) is 5.84 Å². The first-order valence-electron chi connectivity index (χ1n) is 6.73. The van der Waals surface area contributed by atoms with Crippen LogP contribution in [0.1, 0.15) is 15.9 Å². The average molecular weight is 299 g/mol. The van der Waals surface area contributed by atoms with Crippen molar-refractivity contribution >= 4 is 11.8 Å². The summed E-state index contributed by atoms with van der Waals surface area (Å²) in [7, 11) is 0. The van der Waals surface area contributed by atoms with Crippen molar-refractivity contribution in [1.82, 2.24) is 10.7 Å². The Balaban J connectivity index is 1.82. The Bertz CT molecular complexity index is 644. The second-order valence-corrected chi connectivity index (χ2v) is 4.55. The summed E-state index contributed by atoms with van der Waals surface area (Å²) in [6.45, 7) is 0.319. The lowest BCUT2D eigenvalue weighted by Crippen LogP contribution is -2.30. The molecule has 0 bridgehead atoms. The van der Waals surface area contributed by atoms with Crippen LogP contribution in [0.15, 0.2) is 54.6 Å². The minimum atomic E-state index is -0.418. The molecule has 0 aliphatic carbocycles. The van der Waals surface area contributed by atoms with E-state index in [2.05, 4.69) is 5.32 Å². The van der Waals surface area contributed by atoms with Gasteiger partial charge < -0.3 is 10.1 Å². The normalized spacial score (nSPS) is 9.86. The first-order valence-corrected chi connectivity index (χ1v) is 6.73. The SMILES string of the molecule is NNC(=O)c1cccc(OCC(=O)NCc2ccccc2)c1. The predicted molar refractivity (Wildman–Crippen MR) is 81.9 cm³/mol. The summed E-state index contributed by atoms with van der Waals surface area (Å²) in [6, 6.07) is 16.0. The molecular formula is C16H17N3O3. The molecule has 2 amide bonds. The molecule has 0 fully saturated rings. The van der Waals surface area contributed by atoms with Gasteiger partial charge in [-0.2, -0.15) is 0 Å². The van der Waals surface area contributed by atoms with Crippen molar-refractivity contribution < 1.29 is 14.3 Å². The molecule has 0 radical (unpaired) electrons. The van der Waals surface area contributed by atoms with Gasteiger partial charge in [0.15, 0.2) is 6.61 Å². The van der Waals surface area contributed by atoms with E-state index >= 15 is 0 Å². The van der Waals surface area contributed by atoms with Gasteiger partial charge in [0.2, 0.25) is 0 Å². The van der Waals surface area contributed by atoms with Gasteiger partial charge in [-0.3, -0.25) is 15.0 Å². The van der Waals surface area contributed by atoms with Crippen molar-refractivity contribution in [1.29, 1.82) is 0 Å². The number of ether oxygens (including phenoxy) is 1. The molecule has 0 saturated carbocycles. The maximum atomic E-state index is 11.7. The molecule has 4 N–H and O–H groups in total. The average Bonchev–Trinajstić information content (AvgIpc) is 2.58. The molecule has 6 heteroatoms. The Morgan fingerprint density at radius 2 is 1.82 bits per heavy atom. The van der Waals surface area contributed by atoms with E-state index in [9.17, 15) is 9.59 Å². The summed E-state index contributed by atoms with van der Waals surface area (Å²) >= 11 is 0. The number of nitrogens with two attached hydrogens (primary N) is 1. The predicted octanol–water partition coefficient (Wildman–Crippen LogP) is 0.985. The molecule has 2 rings (SSSR count). The van der Waals surface area contributed by atoms with Gasteiger partial charge in [-0.05, 0) is 23.8 Å². The van der Waals surface area contributed by atoms with Crippen LogP contribution in [0.3, 0.4) is 0 Å². The fourth-order valence-electron chi connectivity index (χ4n) is 1.81. The number of amides is 2. The smallest absolute Gasteiger partial charge is 0.265 e. The number of carbonyl (C=O) groups is 2. The zero-order chi connectivity index (χ0) is 15.8. The Hall–Kier alpha value is -2.86. The molecule has 22 heavy (non-hydrogen) atoms. The van der Waals surface area contributed by atoms with Gasteiger partial charge in [0.1, 0.15) is 5.75 Å².